The van der Waals surface area contributed by atoms with Crippen molar-refractivity contribution in [2.24, 2.45) is 0 Å². The maximum Gasteiger partial charge on any atom is 0.137 e. The van der Waals surface area contributed by atoms with E-state index in [9.17, 15) is 0 Å². The molecule has 11 aromatic rings. The predicted molar refractivity (Wildman–Crippen MR) is 272 cm³/mol. The number of para-hydroxylation sites is 1. The van der Waals surface area contributed by atoms with Crippen molar-refractivity contribution in [3.63, 3.8) is 0 Å². The minimum Gasteiger partial charge on any atom is -0.311 e. The molecule has 4 nitrogen and oxygen atoms in total. The van der Waals surface area contributed by atoms with E-state index in [1.165, 1.54) is 0 Å². The lowest BCUT2D eigenvalue weighted by Crippen LogP contribution is -2.10. The van der Waals surface area contributed by atoms with E-state index < -0.39 is 18.1 Å². The van der Waals surface area contributed by atoms with Crippen LogP contribution in [-0.2, 0) is 0 Å². The monoisotopic (exact) mass is 837 g/mol. The molecular weight excluding hydrogens is 789 g/mol. The van der Waals surface area contributed by atoms with E-state index in [4.69, 9.17) is 11.8 Å². The van der Waals surface area contributed by atoms with Crippen LogP contribution in [0.15, 0.2) is 267 Å². The molecule has 0 aliphatic carbocycles. The second-order valence-corrected chi connectivity index (χ2v) is 15.7. The van der Waals surface area contributed by atoms with E-state index in [-0.39, 0.29) is 17.8 Å². The lowest BCUT2D eigenvalue weighted by Gasteiger charge is -2.26. The molecule has 2 aromatic heterocycles. The van der Waals surface area contributed by atoms with Gasteiger partial charge in [0.05, 0.1) is 18.2 Å². The SMILES string of the molecule is [2H]c1c([2H])c([2H])c(N(c2ccc(-c3ccc(N(c4ccc(-c5ccccc5)cc4)c4ccc(-c5ccccc5)cc4)cc3)cc2)c2ccc(-c3nc4ccccn4c3-c3ccccc3)cc2)c([2H])c1[2H]. The fourth-order valence-electron chi connectivity index (χ4n) is 8.52. The van der Waals surface area contributed by atoms with Crippen LogP contribution in [0.1, 0.15) is 6.85 Å². The molecule has 4 heteroatoms. The van der Waals surface area contributed by atoms with Gasteiger partial charge in [0.25, 0.3) is 0 Å². The summed E-state index contributed by atoms with van der Waals surface area (Å²) in [7, 11) is 0. The zero-order chi connectivity index (χ0) is 47.7. The molecule has 0 radical (unpaired) electrons. The molecule has 0 saturated heterocycles. The lowest BCUT2D eigenvalue weighted by atomic mass is 10.0. The average molecular weight is 838 g/mol. The number of rotatable bonds is 11. The number of anilines is 6. The Balaban J connectivity index is 0.941. The fourth-order valence-corrected chi connectivity index (χ4v) is 8.52. The van der Waals surface area contributed by atoms with Crippen LogP contribution >= 0.6 is 0 Å². The Labute approximate surface area is 387 Å². The van der Waals surface area contributed by atoms with Crippen LogP contribution in [0, 0.1) is 0 Å². The summed E-state index contributed by atoms with van der Waals surface area (Å²) >= 11 is 0. The predicted octanol–water partition coefficient (Wildman–Crippen LogP) is 16.6. The third-order valence-electron chi connectivity index (χ3n) is 11.7. The molecule has 0 unspecified atom stereocenters. The van der Waals surface area contributed by atoms with E-state index in [0.717, 1.165) is 78.6 Å². The molecule has 9 aromatic carbocycles. The van der Waals surface area contributed by atoms with Gasteiger partial charge in [-0.2, -0.15) is 0 Å². The first-order valence-corrected chi connectivity index (χ1v) is 21.6. The molecule has 0 spiro atoms. The second-order valence-electron chi connectivity index (χ2n) is 15.7. The van der Waals surface area contributed by atoms with E-state index in [1.54, 1.807) is 4.90 Å². The van der Waals surface area contributed by atoms with Gasteiger partial charge in [-0.05, 0) is 118 Å². The summed E-state index contributed by atoms with van der Waals surface area (Å²) in [5.41, 5.74) is 15.4. The maximum atomic E-state index is 9.05. The fraction of sp³-hybridized carbons (Fsp3) is 0. The van der Waals surface area contributed by atoms with Crippen LogP contribution in [0.3, 0.4) is 0 Å². The van der Waals surface area contributed by atoms with Crippen molar-refractivity contribution in [2.75, 3.05) is 9.80 Å². The topological polar surface area (TPSA) is 23.8 Å². The first-order valence-electron chi connectivity index (χ1n) is 24.1. The number of fused-ring (bicyclic) bond motifs is 1. The van der Waals surface area contributed by atoms with Gasteiger partial charge in [-0.25, -0.2) is 4.98 Å². The van der Waals surface area contributed by atoms with E-state index in [1.807, 2.05) is 103 Å². The Bertz CT molecular complexity index is 3490. The molecular formula is C61H44N4. The summed E-state index contributed by atoms with van der Waals surface area (Å²) in [5.74, 6) is 0. The Hall–Kier alpha value is -8.73. The van der Waals surface area contributed by atoms with E-state index in [2.05, 4.69) is 143 Å². The Morgan fingerprint density at radius 3 is 1.06 bits per heavy atom. The lowest BCUT2D eigenvalue weighted by molar-refractivity contribution is 1.19. The van der Waals surface area contributed by atoms with Crippen molar-refractivity contribution in [1.82, 2.24) is 9.38 Å². The second kappa shape index (κ2) is 17.6. The standard InChI is InChI=1S/C61H44N4/c1-5-15-45(16-6-1)47-24-34-55(35-25-47)65(56-36-26-48(27-37-56)46-17-7-2-8-18-46)57-40-30-50(31-41-57)49-28-38-54(39-29-49)64(53-21-11-4-12-22-53)58-42-32-51(33-43-58)60-61(52-19-9-3-10-20-52)63-44-14-13-23-59(63)62-60/h1-44H/i4D,11D,12D,21D,22D. The molecule has 0 amide bonds. The van der Waals surface area contributed by atoms with Gasteiger partial charge in [-0.3, -0.25) is 4.40 Å². The van der Waals surface area contributed by atoms with Crippen LogP contribution in [0.25, 0.3) is 61.5 Å². The van der Waals surface area contributed by atoms with Crippen LogP contribution in [0.2, 0.25) is 0 Å². The maximum absolute atomic E-state index is 9.05. The van der Waals surface area contributed by atoms with Gasteiger partial charge < -0.3 is 9.80 Å². The van der Waals surface area contributed by atoms with Gasteiger partial charge in [0.15, 0.2) is 0 Å². The van der Waals surface area contributed by atoms with Crippen LogP contribution < -0.4 is 9.80 Å². The van der Waals surface area contributed by atoms with Crippen molar-refractivity contribution in [2.45, 2.75) is 0 Å². The smallest absolute Gasteiger partial charge is 0.137 e. The highest BCUT2D eigenvalue weighted by Gasteiger charge is 2.19. The third-order valence-corrected chi connectivity index (χ3v) is 11.7. The van der Waals surface area contributed by atoms with E-state index in [0.29, 0.717) is 11.4 Å². The van der Waals surface area contributed by atoms with Crippen molar-refractivity contribution in [3.05, 3.63) is 267 Å². The molecule has 0 saturated carbocycles. The van der Waals surface area contributed by atoms with Gasteiger partial charge in [0, 0.05) is 51.4 Å². The van der Waals surface area contributed by atoms with Gasteiger partial charge in [0.1, 0.15) is 5.65 Å². The normalized spacial score (nSPS) is 12.2. The largest absolute Gasteiger partial charge is 0.311 e. The van der Waals surface area contributed by atoms with Gasteiger partial charge in [0.2, 0.25) is 0 Å². The molecule has 65 heavy (non-hydrogen) atoms. The van der Waals surface area contributed by atoms with Crippen LogP contribution in [0.4, 0.5) is 34.1 Å². The summed E-state index contributed by atoms with van der Waals surface area (Å²) in [6.07, 6.45) is 2.01. The highest BCUT2D eigenvalue weighted by molar-refractivity contribution is 5.85. The van der Waals surface area contributed by atoms with Gasteiger partial charge in [-0.15, -0.1) is 0 Å². The quantitative estimate of drug-likeness (QED) is 0.130. The highest BCUT2D eigenvalue weighted by Crippen LogP contribution is 2.40. The molecule has 0 aliphatic heterocycles. The number of aromatic nitrogens is 2. The Morgan fingerprint density at radius 1 is 0.308 bits per heavy atom. The van der Waals surface area contributed by atoms with Crippen molar-refractivity contribution >= 4 is 39.8 Å². The molecule has 2 heterocycles. The molecule has 308 valence electrons. The zero-order valence-electron chi connectivity index (χ0n) is 40.3. The van der Waals surface area contributed by atoms with Crippen LogP contribution in [0.5, 0.6) is 0 Å². The first-order chi connectivity index (χ1) is 34.3. The number of benzene rings is 9. The number of hydrogen-bond acceptors (Lipinski definition) is 3. The molecule has 0 atom stereocenters. The summed E-state index contributed by atoms with van der Waals surface area (Å²) < 4.78 is 45.8. The van der Waals surface area contributed by atoms with E-state index >= 15 is 0 Å². The van der Waals surface area contributed by atoms with Gasteiger partial charge in [-0.1, -0.05) is 176 Å². The number of pyridine rings is 1. The van der Waals surface area contributed by atoms with Gasteiger partial charge >= 0.3 is 0 Å². The zero-order valence-corrected chi connectivity index (χ0v) is 35.3. The Morgan fingerprint density at radius 2 is 0.646 bits per heavy atom. The third kappa shape index (κ3) is 7.97. The average Bonchev–Trinajstić information content (AvgIpc) is 3.82. The summed E-state index contributed by atoms with van der Waals surface area (Å²) in [5, 5.41) is 0. The molecule has 0 N–H and O–H groups in total. The minimum absolute atomic E-state index is 0.0576. The molecule has 0 aliphatic rings. The number of hydrogen-bond donors (Lipinski definition) is 0. The minimum atomic E-state index is -0.444. The molecule has 11 rings (SSSR count). The van der Waals surface area contributed by atoms with Crippen LogP contribution in [-0.4, -0.2) is 9.38 Å². The summed E-state index contributed by atoms with van der Waals surface area (Å²) in [6, 6.07) is 76.5. The highest BCUT2D eigenvalue weighted by atomic mass is 15.1. The number of nitrogens with zero attached hydrogens (tertiary/aromatic N) is 4. The summed E-state index contributed by atoms with van der Waals surface area (Å²) in [6.45, 7) is 0. The molecule has 0 fully saturated rings. The van der Waals surface area contributed by atoms with Crippen molar-refractivity contribution in [3.8, 4) is 55.9 Å². The van der Waals surface area contributed by atoms with Crippen molar-refractivity contribution in [1.29, 1.82) is 0 Å². The first kappa shape index (κ1) is 33.8. The molecule has 0 bridgehead atoms. The van der Waals surface area contributed by atoms with Crippen molar-refractivity contribution < 1.29 is 6.85 Å². The summed E-state index contributed by atoms with van der Waals surface area (Å²) in [4.78, 5) is 9.04. The Kier molecular flexibility index (Phi) is 9.14. The number of imidazole rings is 1.